The summed E-state index contributed by atoms with van der Waals surface area (Å²) in [5, 5.41) is 10.8. The lowest BCUT2D eigenvalue weighted by Gasteiger charge is -2.48. The quantitative estimate of drug-likeness (QED) is 0.333. The van der Waals surface area contributed by atoms with Crippen molar-refractivity contribution in [2.45, 2.75) is 32.0 Å². The number of aryl methyl sites for hydroxylation is 1. The number of halogens is 2. The molecular weight excluding hydrogens is 505 g/mol. The number of aromatic nitrogens is 2. The van der Waals surface area contributed by atoms with Crippen molar-refractivity contribution in [3.05, 3.63) is 104 Å². The molecule has 0 aliphatic carbocycles. The molecule has 2 aromatic heterocycles. The maximum absolute atomic E-state index is 12.9. The first-order valence-corrected chi connectivity index (χ1v) is 13.0. The molecular formula is C29H27Cl2N5O. The number of fused-ring (bicyclic) bond motifs is 1. The van der Waals surface area contributed by atoms with Gasteiger partial charge in [0.05, 0.1) is 17.2 Å². The zero-order valence-electron chi connectivity index (χ0n) is 20.9. The first-order valence-electron chi connectivity index (χ1n) is 12.2. The van der Waals surface area contributed by atoms with Crippen molar-refractivity contribution in [3.8, 4) is 6.07 Å². The van der Waals surface area contributed by atoms with Gasteiger partial charge in [0.25, 0.3) is 5.56 Å². The normalized spacial score (nSPS) is 18.4. The molecule has 0 saturated carbocycles. The van der Waals surface area contributed by atoms with E-state index in [2.05, 4.69) is 46.8 Å². The van der Waals surface area contributed by atoms with Gasteiger partial charge in [0, 0.05) is 48.3 Å². The molecule has 2 atom stereocenters. The summed E-state index contributed by atoms with van der Waals surface area (Å²) in [7, 11) is 1.73. The highest BCUT2D eigenvalue weighted by atomic mass is 35.5. The number of nitriles is 1. The molecule has 5 rings (SSSR count). The van der Waals surface area contributed by atoms with Gasteiger partial charge in [-0.15, -0.1) is 0 Å². The number of pyridine rings is 2. The van der Waals surface area contributed by atoms with Crippen molar-refractivity contribution in [1.29, 1.82) is 5.26 Å². The third kappa shape index (κ3) is 4.83. The molecule has 0 amide bonds. The van der Waals surface area contributed by atoms with Crippen molar-refractivity contribution >= 4 is 39.9 Å². The molecule has 1 saturated heterocycles. The average Bonchev–Trinajstić information content (AvgIpc) is 2.88. The SMILES string of the molecule is C[C@@H]1CN(c2cc(=O)n(C)c3ccc(C#N)nc23)[C@@H](C)CN1C(c1cccc(Cl)c1)c1cccc(Cl)c1. The lowest BCUT2D eigenvalue weighted by molar-refractivity contribution is 0.130. The summed E-state index contributed by atoms with van der Waals surface area (Å²) in [5.41, 5.74) is 4.55. The topological polar surface area (TPSA) is 65.2 Å². The Morgan fingerprint density at radius 1 is 0.946 bits per heavy atom. The van der Waals surface area contributed by atoms with Gasteiger partial charge in [-0.05, 0) is 61.4 Å². The zero-order valence-corrected chi connectivity index (χ0v) is 22.4. The van der Waals surface area contributed by atoms with Crippen LogP contribution >= 0.6 is 23.2 Å². The summed E-state index contributed by atoms with van der Waals surface area (Å²) in [6, 6.07) is 23.3. The van der Waals surface area contributed by atoms with Crippen LogP contribution in [-0.2, 0) is 7.05 Å². The fourth-order valence-corrected chi connectivity index (χ4v) is 5.77. The van der Waals surface area contributed by atoms with Crippen molar-refractivity contribution in [3.63, 3.8) is 0 Å². The molecule has 3 heterocycles. The molecule has 188 valence electrons. The molecule has 6 nitrogen and oxygen atoms in total. The highest BCUT2D eigenvalue weighted by Gasteiger charge is 2.36. The summed E-state index contributed by atoms with van der Waals surface area (Å²) in [4.78, 5) is 22.2. The van der Waals surface area contributed by atoms with Gasteiger partial charge in [0.1, 0.15) is 17.3 Å². The number of rotatable bonds is 4. The number of piperazine rings is 1. The summed E-state index contributed by atoms with van der Waals surface area (Å²) in [5.74, 6) is 0. The van der Waals surface area contributed by atoms with Crippen LogP contribution in [0, 0.1) is 11.3 Å². The third-order valence-electron chi connectivity index (χ3n) is 7.19. The van der Waals surface area contributed by atoms with Crippen LogP contribution in [0.4, 0.5) is 5.69 Å². The summed E-state index contributed by atoms with van der Waals surface area (Å²) >= 11 is 12.8. The smallest absolute Gasteiger partial charge is 0.252 e. The lowest BCUT2D eigenvalue weighted by atomic mass is 9.93. The van der Waals surface area contributed by atoms with E-state index in [9.17, 15) is 10.1 Å². The molecule has 1 fully saturated rings. The number of anilines is 1. The van der Waals surface area contributed by atoms with E-state index >= 15 is 0 Å². The minimum Gasteiger partial charge on any atom is -0.364 e. The van der Waals surface area contributed by atoms with Crippen LogP contribution in [0.2, 0.25) is 10.0 Å². The molecule has 1 aliphatic rings. The van der Waals surface area contributed by atoms with E-state index in [1.165, 1.54) is 0 Å². The minimum atomic E-state index is -0.105. The van der Waals surface area contributed by atoms with E-state index in [1.807, 2.05) is 36.4 Å². The van der Waals surface area contributed by atoms with Gasteiger partial charge in [0.15, 0.2) is 0 Å². The first kappa shape index (κ1) is 25.3. The van der Waals surface area contributed by atoms with Crippen LogP contribution in [0.25, 0.3) is 11.0 Å². The van der Waals surface area contributed by atoms with Crippen molar-refractivity contribution in [2.24, 2.45) is 7.05 Å². The van der Waals surface area contributed by atoms with Crippen LogP contribution in [0.15, 0.2) is 71.5 Å². The number of benzene rings is 2. The van der Waals surface area contributed by atoms with Crippen LogP contribution in [-0.4, -0.2) is 39.6 Å². The molecule has 2 aromatic carbocycles. The Hall–Kier alpha value is -3.37. The van der Waals surface area contributed by atoms with Gasteiger partial charge in [-0.2, -0.15) is 5.26 Å². The second-order valence-electron chi connectivity index (χ2n) is 9.66. The van der Waals surface area contributed by atoms with E-state index < -0.39 is 0 Å². The van der Waals surface area contributed by atoms with Crippen molar-refractivity contribution in [1.82, 2.24) is 14.5 Å². The lowest BCUT2D eigenvalue weighted by Crippen LogP contribution is -2.57. The van der Waals surface area contributed by atoms with E-state index in [-0.39, 0.29) is 23.7 Å². The van der Waals surface area contributed by atoms with Crippen molar-refractivity contribution in [2.75, 3.05) is 18.0 Å². The van der Waals surface area contributed by atoms with Gasteiger partial charge in [-0.1, -0.05) is 47.5 Å². The van der Waals surface area contributed by atoms with E-state index in [4.69, 9.17) is 23.2 Å². The highest BCUT2D eigenvalue weighted by molar-refractivity contribution is 6.31. The van der Waals surface area contributed by atoms with Crippen LogP contribution < -0.4 is 10.5 Å². The Morgan fingerprint density at radius 3 is 2.19 bits per heavy atom. The van der Waals surface area contributed by atoms with Gasteiger partial charge in [-0.25, -0.2) is 4.98 Å². The van der Waals surface area contributed by atoms with Gasteiger partial charge < -0.3 is 9.47 Å². The van der Waals surface area contributed by atoms with Gasteiger partial charge in [-0.3, -0.25) is 9.69 Å². The predicted octanol–water partition coefficient (Wildman–Crippen LogP) is 5.80. The van der Waals surface area contributed by atoms with Gasteiger partial charge in [0.2, 0.25) is 0 Å². The third-order valence-corrected chi connectivity index (χ3v) is 7.66. The van der Waals surface area contributed by atoms with Crippen LogP contribution in [0.5, 0.6) is 0 Å². The maximum atomic E-state index is 12.9. The second-order valence-corrected chi connectivity index (χ2v) is 10.5. The van der Waals surface area contributed by atoms with Crippen LogP contribution in [0.3, 0.4) is 0 Å². The number of nitrogens with zero attached hydrogens (tertiary/aromatic N) is 5. The first-order chi connectivity index (χ1) is 17.8. The fraction of sp³-hybridized carbons (Fsp3) is 0.276. The molecule has 0 bridgehead atoms. The maximum Gasteiger partial charge on any atom is 0.252 e. The molecule has 0 unspecified atom stereocenters. The Bertz CT molecular complexity index is 1530. The largest absolute Gasteiger partial charge is 0.364 e. The molecule has 37 heavy (non-hydrogen) atoms. The molecule has 0 spiro atoms. The van der Waals surface area contributed by atoms with Gasteiger partial charge >= 0.3 is 0 Å². The van der Waals surface area contributed by atoms with E-state index in [0.29, 0.717) is 33.3 Å². The summed E-state index contributed by atoms with van der Waals surface area (Å²) in [6.07, 6.45) is 0. The van der Waals surface area contributed by atoms with Crippen LogP contribution in [0.1, 0.15) is 36.7 Å². The molecule has 0 N–H and O–H groups in total. The highest BCUT2D eigenvalue weighted by Crippen LogP contribution is 2.37. The number of hydrogen-bond acceptors (Lipinski definition) is 5. The summed E-state index contributed by atoms with van der Waals surface area (Å²) in [6.45, 7) is 5.76. The Morgan fingerprint density at radius 2 is 1.59 bits per heavy atom. The van der Waals surface area contributed by atoms with E-state index in [1.54, 1.807) is 29.8 Å². The monoisotopic (exact) mass is 531 g/mol. The molecule has 0 radical (unpaired) electrons. The Labute approximate surface area is 226 Å². The van der Waals surface area contributed by atoms with E-state index in [0.717, 1.165) is 23.4 Å². The Kier molecular flexibility index (Phi) is 6.96. The fourth-order valence-electron chi connectivity index (χ4n) is 5.37. The number of hydrogen-bond donors (Lipinski definition) is 0. The molecule has 8 heteroatoms. The van der Waals surface area contributed by atoms with Crippen molar-refractivity contribution < 1.29 is 0 Å². The standard InChI is InChI=1S/C29H27Cl2N5O/c1-18-17-36(29(20-6-4-8-22(30)12-20)21-7-5-9-23(31)13-21)19(2)16-35(18)26-14-27(37)34(3)25-11-10-24(15-32)33-28(25)26/h4-14,18-19,29H,16-17H2,1-3H3/t18-,19+/m0/s1. The second kappa shape index (κ2) is 10.2. The summed E-state index contributed by atoms with van der Waals surface area (Å²) < 4.78 is 1.58. The Balaban J connectivity index is 1.57. The molecule has 4 aromatic rings. The molecule has 1 aliphatic heterocycles. The average molecular weight is 532 g/mol. The predicted molar refractivity (Wildman–Crippen MR) is 149 cm³/mol. The zero-order chi connectivity index (χ0) is 26.3. The minimum absolute atomic E-state index is 0.0410.